The van der Waals surface area contributed by atoms with Gasteiger partial charge in [0, 0.05) is 16.3 Å². The Bertz CT molecular complexity index is 586. The highest BCUT2D eigenvalue weighted by Crippen LogP contribution is 2.21. The summed E-state index contributed by atoms with van der Waals surface area (Å²) in [5, 5.41) is 4.56. The molecular formula is C14H16BrNO2. The van der Waals surface area contributed by atoms with Crippen LogP contribution in [0.4, 0.5) is 0 Å². The lowest BCUT2D eigenvalue weighted by Crippen LogP contribution is -2.44. The number of furan rings is 1. The number of alkyl halides is 1. The van der Waals surface area contributed by atoms with Crippen LogP contribution in [0.5, 0.6) is 0 Å². The second-order valence-electron chi connectivity index (χ2n) is 5.12. The lowest BCUT2D eigenvalue weighted by molar-refractivity contribution is 0.0895. The molecule has 0 unspecified atom stereocenters. The molecule has 0 aliphatic rings. The number of amides is 1. The Morgan fingerprint density at radius 2 is 2.11 bits per heavy atom. The van der Waals surface area contributed by atoms with Gasteiger partial charge >= 0.3 is 0 Å². The van der Waals surface area contributed by atoms with E-state index in [-0.39, 0.29) is 11.4 Å². The zero-order valence-corrected chi connectivity index (χ0v) is 12.3. The van der Waals surface area contributed by atoms with Gasteiger partial charge in [-0.3, -0.25) is 4.79 Å². The lowest BCUT2D eigenvalue weighted by Gasteiger charge is -2.22. The molecule has 0 bridgehead atoms. The summed E-state index contributed by atoms with van der Waals surface area (Å²) in [7, 11) is 0. The molecule has 1 N–H and O–H groups in total. The molecule has 96 valence electrons. The monoisotopic (exact) mass is 309 g/mol. The molecule has 18 heavy (non-hydrogen) atoms. The average molecular weight is 310 g/mol. The van der Waals surface area contributed by atoms with E-state index in [4.69, 9.17) is 4.42 Å². The van der Waals surface area contributed by atoms with Crippen LogP contribution in [0.2, 0.25) is 0 Å². The second-order valence-corrected chi connectivity index (χ2v) is 5.68. The third-order valence-electron chi connectivity index (χ3n) is 2.68. The van der Waals surface area contributed by atoms with Crippen molar-refractivity contribution < 1.29 is 9.21 Å². The van der Waals surface area contributed by atoms with E-state index >= 15 is 0 Å². The molecule has 0 aliphatic heterocycles. The van der Waals surface area contributed by atoms with Crippen molar-refractivity contribution in [2.75, 3.05) is 5.33 Å². The Balaban J connectivity index is 2.28. The highest BCUT2D eigenvalue weighted by molar-refractivity contribution is 9.09. The molecule has 1 amide bonds. The van der Waals surface area contributed by atoms with Crippen molar-refractivity contribution in [1.82, 2.24) is 5.32 Å². The van der Waals surface area contributed by atoms with Gasteiger partial charge in [-0.05, 0) is 39.0 Å². The van der Waals surface area contributed by atoms with E-state index in [0.29, 0.717) is 11.1 Å². The standard InChI is InChI=1S/C14H16BrNO2/c1-9-4-5-11-10(6-9)7-12(18-11)13(17)16-14(2,3)8-15/h4-7H,8H2,1-3H3,(H,16,17). The predicted octanol–water partition coefficient (Wildman–Crippen LogP) is 3.64. The summed E-state index contributed by atoms with van der Waals surface area (Å²) < 4.78 is 5.55. The third kappa shape index (κ3) is 2.75. The number of fused-ring (bicyclic) bond motifs is 1. The summed E-state index contributed by atoms with van der Waals surface area (Å²) in [5.41, 5.74) is 1.59. The van der Waals surface area contributed by atoms with Crippen LogP contribution in [0.15, 0.2) is 28.7 Å². The van der Waals surface area contributed by atoms with Crippen LogP contribution in [-0.4, -0.2) is 16.8 Å². The minimum atomic E-state index is -0.300. The quantitative estimate of drug-likeness (QED) is 0.879. The van der Waals surface area contributed by atoms with Gasteiger partial charge in [-0.15, -0.1) is 0 Å². The first-order valence-corrected chi connectivity index (χ1v) is 6.92. The fraction of sp³-hybridized carbons (Fsp3) is 0.357. The summed E-state index contributed by atoms with van der Waals surface area (Å²) >= 11 is 3.37. The van der Waals surface area contributed by atoms with Gasteiger partial charge < -0.3 is 9.73 Å². The molecular weight excluding hydrogens is 294 g/mol. The van der Waals surface area contributed by atoms with Crippen LogP contribution in [0, 0.1) is 6.92 Å². The fourth-order valence-corrected chi connectivity index (χ4v) is 1.82. The minimum absolute atomic E-state index is 0.187. The molecule has 0 fully saturated rings. The molecule has 1 heterocycles. The van der Waals surface area contributed by atoms with Crippen LogP contribution in [-0.2, 0) is 0 Å². The van der Waals surface area contributed by atoms with Crippen LogP contribution in [0.3, 0.4) is 0 Å². The van der Waals surface area contributed by atoms with Crippen LogP contribution < -0.4 is 5.32 Å². The Hall–Kier alpha value is -1.29. The number of nitrogens with one attached hydrogen (secondary N) is 1. The summed E-state index contributed by atoms with van der Waals surface area (Å²) in [6.07, 6.45) is 0. The number of carbonyl (C=O) groups excluding carboxylic acids is 1. The highest BCUT2D eigenvalue weighted by atomic mass is 79.9. The molecule has 0 aliphatic carbocycles. The lowest BCUT2D eigenvalue weighted by atomic mass is 10.1. The molecule has 0 saturated heterocycles. The number of aryl methyl sites for hydroxylation is 1. The maximum absolute atomic E-state index is 12.0. The van der Waals surface area contributed by atoms with Gasteiger partial charge in [-0.1, -0.05) is 27.6 Å². The van der Waals surface area contributed by atoms with E-state index in [1.807, 2.05) is 39.0 Å². The topological polar surface area (TPSA) is 42.2 Å². The molecule has 0 spiro atoms. The SMILES string of the molecule is Cc1ccc2oc(C(=O)NC(C)(C)CBr)cc2c1. The van der Waals surface area contributed by atoms with E-state index in [0.717, 1.165) is 16.5 Å². The van der Waals surface area contributed by atoms with Crippen molar-refractivity contribution in [3.63, 3.8) is 0 Å². The smallest absolute Gasteiger partial charge is 0.287 e. The first-order chi connectivity index (χ1) is 8.41. The summed E-state index contributed by atoms with van der Waals surface area (Å²) in [4.78, 5) is 12.0. The van der Waals surface area contributed by atoms with Crippen molar-refractivity contribution in [3.05, 3.63) is 35.6 Å². The number of halogens is 1. The van der Waals surface area contributed by atoms with E-state index < -0.39 is 0 Å². The van der Waals surface area contributed by atoms with Gasteiger partial charge in [0.15, 0.2) is 5.76 Å². The zero-order valence-electron chi connectivity index (χ0n) is 10.7. The molecule has 0 atom stereocenters. The molecule has 2 aromatic rings. The van der Waals surface area contributed by atoms with Crippen LogP contribution >= 0.6 is 15.9 Å². The number of carbonyl (C=O) groups is 1. The second kappa shape index (κ2) is 4.76. The molecule has 1 aromatic heterocycles. The first-order valence-electron chi connectivity index (χ1n) is 5.80. The molecule has 0 saturated carbocycles. The maximum atomic E-state index is 12.0. The average Bonchev–Trinajstić information content (AvgIpc) is 2.71. The minimum Gasteiger partial charge on any atom is -0.451 e. The van der Waals surface area contributed by atoms with E-state index in [9.17, 15) is 4.79 Å². The Morgan fingerprint density at radius 3 is 2.78 bits per heavy atom. The Kier molecular flexibility index (Phi) is 3.48. The van der Waals surface area contributed by atoms with Gasteiger partial charge in [0.1, 0.15) is 5.58 Å². The molecule has 3 nitrogen and oxygen atoms in total. The molecule has 2 rings (SSSR count). The first kappa shape index (κ1) is 13.1. The van der Waals surface area contributed by atoms with Crippen molar-refractivity contribution in [3.8, 4) is 0 Å². The molecule has 0 radical (unpaired) electrons. The van der Waals surface area contributed by atoms with Crippen molar-refractivity contribution in [2.45, 2.75) is 26.3 Å². The number of hydrogen-bond acceptors (Lipinski definition) is 2. The van der Waals surface area contributed by atoms with Crippen molar-refractivity contribution in [2.24, 2.45) is 0 Å². The highest BCUT2D eigenvalue weighted by Gasteiger charge is 2.21. The van der Waals surface area contributed by atoms with E-state index in [2.05, 4.69) is 21.2 Å². The molecule has 1 aromatic carbocycles. The van der Waals surface area contributed by atoms with Crippen molar-refractivity contribution in [1.29, 1.82) is 0 Å². The van der Waals surface area contributed by atoms with Gasteiger partial charge in [0.05, 0.1) is 0 Å². The largest absolute Gasteiger partial charge is 0.451 e. The number of benzene rings is 1. The summed E-state index contributed by atoms with van der Waals surface area (Å²) in [5.74, 6) is 0.165. The Labute approximate surface area is 115 Å². The number of rotatable bonds is 3. The third-order valence-corrected chi connectivity index (χ3v) is 4.08. The molecule has 4 heteroatoms. The number of hydrogen-bond donors (Lipinski definition) is 1. The van der Waals surface area contributed by atoms with Crippen LogP contribution in [0.25, 0.3) is 11.0 Å². The van der Waals surface area contributed by atoms with Crippen molar-refractivity contribution >= 4 is 32.8 Å². The van der Waals surface area contributed by atoms with Gasteiger partial charge in [-0.25, -0.2) is 0 Å². The van der Waals surface area contributed by atoms with Crippen LogP contribution in [0.1, 0.15) is 30.0 Å². The summed E-state index contributed by atoms with van der Waals surface area (Å²) in [6, 6.07) is 7.64. The van der Waals surface area contributed by atoms with E-state index in [1.54, 1.807) is 6.07 Å². The normalized spacial score (nSPS) is 11.8. The predicted molar refractivity (Wildman–Crippen MR) is 76.3 cm³/mol. The van der Waals surface area contributed by atoms with Gasteiger partial charge in [0.25, 0.3) is 5.91 Å². The van der Waals surface area contributed by atoms with E-state index in [1.165, 1.54) is 0 Å². The summed E-state index contributed by atoms with van der Waals surface area (Å²) in [6.45, 7) is 5.92. The Morgan fingerprint density at radius 1 is 1.39 bits per heavy atom. The maximum Gasteiger partial charge on any atom is 0.287 e. The zero-order chi connectivity index (χ0) is 13.3. The fourth-order valence-electron chi connectivity index (χ4n) is 1.68. The van der Waals surface area contributed by atoms with Gasteiger partial charge in [0.2, 0.25) is 0 Å². The van der Waals surface area contributed by atoms with Gasteiger partial charge in [-0.2, -0.15) is 0 Å².